The van der Waals surface area contributed by atoms with Crippen LogP contribution < -0.4 is 14.4 Å². The number of benzene rings is 2. The summed E-state index contributed by atoms with van der Waals surface area (Å²) in [6.07, 6.45) is 2.74. The number of anilines is 1. The first-order valence-corrected chi connectivity index (χ1v) is 10.5. The van der Waals surface area contributed by atoms with Crippen molar-refractivity contribution in [3.63, 3.8) is 0 Å². The maximum Gasteiger partial charge on any atom is 0.246 e. The minimum Gasteiger partial charge on any atom is -0.493 e. The number of hydrogen-bond donors (Lipinski definition) is 0. The molecule has 164 valence electrons. The quantitative estimate of drug-likeness (QED) is 0.647. The van der Waals surface area contributed by atoms with Gasteiger partial charge in [-0.05, 0) is 54.7 Å². The van der Waals surface area contributed by atoms with Crippen LogP contribution in [0.4, 0.5) is 10.1 Å². The highest BCUT2D eigenvalue weighted by molar-refractivity contribution is 5.96. The summed E-state index contributed by atoms with van der Waals surface area (Å²) < 4.78 is 24.8. The summed E-state index contributed by atoms with van der Waals surface area (Å²) in [6.45, 7) is 1.09. The Hall–Kier alpha value is -3.09. The van der Waals surface area contributed by atoms with Crippen LogP contribution in [0.1, 0.15) is 30.7 Å². The number of nitrogens with zero attached hydrogens (tertiary/aromatic N) is 2. The standard InChI is InChI=1S/C24H27FN2O4/c1-26(20-5-3-4-19(25)12-20)24(29)14-27-13-18(11-23(27)28)17-8-9-21(30-2)22(10-17)31-15-16-6-7-16/h3-5,8-10,12,16,18H,6-7,11,13-15H2,1-2H3. The van der Waals surface area contributed by atoms with E-state index in [1.54, 1.807) is 31.2 Å². The maximum absolute atomic E-state index is 13.5. The Kier molecular flexibility index (Phi) is 6.11. The number of amides is 2. The Labute approximate surface area is 181 Å². The molecule has 7 heteroatoms. The van der Waals surface area contributed by atoms with Gasteiger partial charge in [-0.1, -0.05) is 12.1 Å². The molecule has 1 atom stereocenters. The summed E-state index contributed by atoms with van der Waals surface area (Å²) in [7, 11) is 3.20. The van der Waals surface area contributed by atoms with Gasteiger partial charge in [-0.3, -0.25) is 9.59 Å². The van der Waals surface area contributed by atoms with Crippen molar-refractivity contribution >= 4 is 17.5 Å². The molecule has 2 fully saturated rings. The Balaban J connectivity index is 1.41. The van der Waals surface area contributed by atoms with E-state index >= 15 is 0 Å². The van der Waals surface area contributed by atoms with Gasteiger partial charge in [0.05, 0.1) is 13.7 Å². The van der Waals surface area contributed by atoms with Gasteiger partial charge in [0.25, 0.3) is 0 Å². The SMILES string of the molecule is COc1ccc(C2CC(=O)N(CC(=O)N(C)c3cccc(F)c3)C2)cc1OCC1CC1. The molecule has 1 unspecified atom stereocenters. The summed E-state index contributed by atoms with van der Waals surface area (Å²) in [5.74, 6) is 1.24. The van der Waals surface area contributed by atoms with E-state index < -0.39 is 5.82 Å². The number of likely N-dealkylation sites (N-methyl/N-ethyl adjacent to an activating group) is 1. The lowest BCUT2D eigenvalue weighted by Gasteiger charge is -2.22. The zero-order chi connectivity index (χ0) is 22.0. The third-order valence-corrected chi connectivity index (χ3v) is 5.94. The third kappa shape index (κ3) is 4.98. The molecule has 2 aliphatic rings. The molecule has 0 radical (unpaired) electrons. The monoisotopic (exact) mass is 426 g/mol. The smallest absolute Gasteiger partial charge is 0.246 e. The van der Waals surface area contributed by atoms with E-state index in [2.05, 4.69) is 0 Å². The minimum atomic E-state index is -0.409. The summed E-state index contributed by atoms with van der Waals surface area (Å²) in [4.78, 5) is 28.2. The molecule has 2 aromatic carbocycles. The highest BCUT2D eigenvalue weighted by Gasteiger charge is 2.33. The first kappa shape index (κ1) is 21.2. The molecule has 2 amide bonds. The number of halogens is 1. The molecular formula is C24H27FN2O4. The highest BCUT2D eigenvalue weighted by Crippen LogP contribution is 2.37. The zero-order valence-electron chi connectivity index (χ0n) is 17.8. The van der Waals surface area contributed by atoms with Gasteiger partial charge in [-0.25, -0.2) is 4.39 Å². The van der Waals surface area contributed by atoms with Crippen molar-refractivity contribution in [1.29, 1.82) is 0 Å². The summed E-state index contributed by atoms with van der Waals surface area (Å²) >= 11 is 0. The normalized spacial score (nSPS) is 18.2. The molecule has 31 heavy (non-hydrogen) atoms. The maximum atomic E-state index is 13.5. The second-order valence-electron chi connectivity index (χ2n) is 8.27. The Morgan fingerprint density at radius 2 is 2.00 bits per heavy atom. The molecular weight excluding hydrogens is 399 g/mol. The molecule has 2 aromatic rings. The van der Waals surface area contributed by atoms with Crippen LogP contribution in [0, 0.1) is 11.7 Å². The van der Waals surface area contributed by atoms with Crippen LogP contribution in [0.25, 0.3) is 0 Å². The van der Waals surface area contributed by atoms with E-state index in [0.717, 1.165) is 5.56 Å². The minimum absolute atomic E-state index is 0.0195. The molecule has 4 rings (SSSR count). The number of carbonyl (C=O) groups is 2. The lowest BCUT2D eigenvalue weighted by atomic mass is 9.98. The molecule has 0 bridgehead atoms. The lowest BCUT2D eigenvalue weighted by Crippen LogP contribution is -2.39. The van der Waals surface area contributed by atoms with E-state index in [9.17, 15) is 14.0 Å². The number of likely N-dealkylation sites (tertiary alicyclic amines) is 1. The van der Waals surface area contributed by atoms with Crippen molar-refractivity contribution in [3.8, 4) is 11.5 Å². The Bertz CT molecular complexity index is 976. The third-order valence-electron chi connectivity index (χ3n) is 5.94. The van der Waals surface area contributed by atoms with Crippen LogP contribution in [0.2, 0.25) is 0 Å². The molecule has 1 aliphatic heterocycles. The fraction of sp³-hybridized carbons (Fsp3) is 0.417. The fourth-order valence-electron chi connectivity index (χ4n) is 3.80. The first-order valence-electron chi connectivity index (χ1n) is 10.5. The van der Waals surface area contributed by atoms with Crippen LogP contribution in [0.3, 0.4) is 0 Å². The van der Waals surface area contributed by atoms with Crippen LogP contribution in [-0.2, 0) is 9.59 Å². The van der Waals surface area contributed by atoms with Gasteiger partial charge in [-0.2, -0.15) is 0 Å². The van der Waals surface area contributed by atoms with Gasteiger partial charge in [0.15, 0.2) is 11.5 Å². The van der Waals surface area contributed by atoms with Gasteiger partial charge in [0.1, 0.15) is 12.4 Å². The van der Waals surface area contributed by atoms with Crippen molar-refractivity contribution in [2.24, 2.45) is 5.92 Å². The van der Waals surface area contributed by atoms with Crippen molar-refractivity contribution in [3.05, 3.63) is 53.8 Å². The Morgan fingerprint density at radius 3 is 2.71 bits per heavy atom. The summed E-state index contributed by atoms with van der Waals surface area (Å²) in [5, 5.41) is 0. The van der Waals surface area contributed by atoms with E-state index in [-0.39, 0.29) is 24.3 Å². The van der Waals surface area contributed by atoms with Crippen LogP contribution in [0.5, 0.6) is 11.5 Å². The van der Waals surface area contributed by atoms with Gasteiger partial charge in [-0.15, -0.1) is 0 Å². The molecule has 1 aliphatic carbocycles. The average molecular weight is 426 g/mol. The van der Waals surface area contributed by atoms with Gasteiger partial charge >= 0.3 is 0 Å². The van der Waals surface area contributed by atoms with Crippen LogP contribution in [-0.4, -0.2) is 50.6 Å². The number of ether oxygens (including phenoxy) is 2. The number of rotatable bonds is 8. The molecule has 0 spiro atoms. The van der Waals surface area contributed by atoms with Crippen LogP contribution in [0.15, 0.2) is 42.5 Å². The molecule has 1 saturated carbocycles. The topological polar surface area (TPSA) is 59.1 Å². The van der Waals surface area contributed by atoms with E-state index in [1.165, 1.54) is 29.9 Å². The van der Waals surface area contributed by atoms with Crippen molar-refractivity contribution in [1.82, 2.24) is 4.90 Å². The Morgan fingerprint density at radius 1 is 1.19 bits per heavy atom. The number of hydrogen-bond acceptors (Lipinski definition) is 4. The highest BCUT2D eigenvalue weighted by atomic mass is 19.1. The van der Waals surface area contributed by atoms with Crippen molar-refractivity contribution in [2.45, 2.75) is 25.2 Å². The molecule has 6 nitrogen and oxygen atoms in total. The van der Waals surface area contributed by atoms with Gasteiger partial charge in [0.2, 0.25) is 11.8 Å². The first-order chi connectivity index (χ1) is 14.9. The number of methoxy groups -OCH3 is 1. The lowest BCUT2D eigenvalue weighted by molar-refractivity contribution is -0.132. The predicted octanol–water partition coefficient (Wildman–Crippen LogP) is 3.60. The molecule has 1 heterocycles. The molecule has 0 N–H and O–H groups in total. The van der Waals surface area contributed by atoms with E-state index in [0.29, 0.717) is 42.7 Å². The second kappa shape index (κ2) is 8.96. The molecule has 1 saturated heterocycles. The van der Waals surface area contributed by atoms with Crippen molar-refractivity contribution in [2.75, 3.05) is 38.8 Å². The van der Waals surface area contributed by atoms with Crippen molar-refractivity contribution < 1.29 is 23.5 Å². The largest absolute Gasteiger partial charge is 0.493 e. The predicted molar refractivity (Wildman–Crippen MR) is 115 cm³/mol. The summed E-state index contributed by atoms with van der Waals surface area (Å²) in [6, 6.07) is 11.6. The van der Waals surface area contributed by atoms with E-state index in [4.69, 9.17) is 9.47 Å². The second-order valence-corrected chi connectivity index (χ2v) is 8.27. The van der Waals surface area contributed by atoms with E-state index in [1.807, 2.05) is 18.2 Å². The van der Waals surface area contributed by atoms with Gasteiger partial charge in [0, 0.05) is 31.6 Å². The van der Waals surface area contributed by atoms with Crippen LogP contribution >= 0.6 is 0 Å². The van der Waals surface area contributed by atoms with Gasteiger partial charge < -0.3 is 19.3 Å². The summed E-state index contributed by atoms with van der Waals surface area (Å²) in [5.41, 5.74) is 1.45. The zero-order valence-corrected chi connectivity index (χ0v) is 17.8. The number of carbonyl (C=O) groups excluding carboxylic acids is 2. The average Bonchev–Trinajstić information content (AvgIpc) is 3.53. The fourth-order valence-corrected chi connectivity index (χ4v) is 3.80. The molecule has 0 aromatic heterocycles.